The van der Waals surface area contributed by atoms with Gasteiger partial charge < -0.3 is 10.6 Å². The molecule has 0 atom stereocenters. The number of hydrogen-bond acceptors (Lipinski definition) is 5. The molecule has 0 radical (unpaired) electrons. The molecule has 0 aliphatic carbocycles. The minimum absolute atomic E-state index is 0.302. The lowest BCUT2D eigenvalue weighted by Crippen LogP contribution is -2.32. The lowest BCUT2D eigenvalue weighted by molar-refractivity contribution is 0.213. The van der Waals surface area contributed by atoms with Crippen LogP contribution in [0.25, 0.3) is 0 Å². The zero-order valence-electron chi connectivity index (χ0n) is 12.1. The summed E-state index contributed by atoms with van der Waals surface area (Å²) >= 11 is 4.68. The highest BCUT2D eigenvalue weighted by Gasteiger charge is 2.22. The van der Waals surface area contributed by atoms with Crippen LogP contribution in [0.15, 0.2) is 14.7 Å². The lowest BCUT2D eigenvalue weighted by atomic mass is 9.94. The van der Waals surface area contributed by atoms with Crippen LogP contribution in [0.1, 0.15) is 24.1 Å². The van der Waals surface area contributed by atoms with Crippen molar-refractivity contribution in [1.29, 1.82) is 0 Å². The standard InChI is InChI=1S/C13H22BrN3O2S2/c1-17-6-3-10(4-7-17)2-5-16-21(18,19)12-8-11(9-15)20-13(12)14/h8,10,16H,2-7,9,15H2,1H3. The van der Waals surface area contributed by atoms with Crippen molar-refractivity contribution in [2.75, 3.05) is 26.7 Å². The number of sulfonamides is 1. The number of nitrogens with two attached hydrogens (primary N) is 1. The van der Waals surface area contributed by atoms with Crippen molar-refractivity contribution in [3.63, 3.8) is 0 Å². The van der Waals surface area contributed by atoms with Crippen molar-refractivity contribution in [2.24, 2.45) is 11.7 Å². The summed E-state index contributed by atoms with van der Waals surface area (Å²) in [5.41, 5.74) is 5.55. The Morgan fingerprint density at radius 3 is 2.71 bits per heavy atom. The molecule has 8 heteroatoms. The van der Waals surface area contributed by atoms with Gasteiger partial charge in [-0.3, -0.25) is 0 Å². The van der Waals surface area contributed by atoms with Gasteiger partial charge in [0.1, 0.15) is 4.90 Å². The summed E-state index contributed by atoms with van der Waals surface area (Å²) in [6.07, 6.45) is 3.20. The molecule has 3 N–H and O–H groups in total. The predicted molar refractivity (Wildman–Crippen MR) is 89.9 cm³/mol. The number of hydrogen-bond donors (Lipinski definition) is 2. The Hall–Kier alpha value is 0.01000. The van der Waals surface area contributed by atoms with E-state index in [2.05, 4.69) is 32.6 Å². The minimum atomic E-state index is -3.44. The van der Waals surface area contributed by atoms with Gasteiger partial charge in [-0.25, -0.2) is 13.1 Å². The van der Waals surface area contributed by atoms with Crippen molar-refractivity contribution >= 4 is 37.3 Å². The second-order valence-electron chi connectivity index (χ2n) is 5.49. The van der Waals surface area contributed by atoms with Gasteiger partial charge in [0.25, 0.3) is 0 Å². The number of nitrogens with zero attached hydrogens (tertiary/aromatic N) is 1. The van der Waals surface area contributed by atoms with Crippen LogP contribution in [0, 0.1) is 5.92 Å². The molecular formula is C13H22BrN3O2S2. The van der Waals surface area contributed by atoms with Crippen LogP contribution >= 0.6 is 27.3 Å². The van der Waals surface area contributed by atoms with Gasteiger partial charge in [-0.15, -0.1) is 11.3 Å². The molecule has 1 aliphatic heterocycles. The predicted octanol–water partition coefficient (Wildman–Crippen LogP) is 1.98. The maximum Gasteiger partial charge on any atom is 0.242 e. The van der Waals surface area contributed by atoms with E-state index in [1.165, 1.54) is 11.3 Å². The van der Waals surface area contributed by atoms with Crippen LogP contribution in [-0.4, -0.2) is 40.0 Å². The van der Waals surface area contributed by atoms with Crippen LogP contribution in [0.2, 0.25) is 0 Å². The van der Waals surface area contributed by atoms with E-state index in [1.807, 2.05) is 0 Å². The van der Waals surface area contributed by atoms with Crippen LogP contribution in [0.3, 0.4) is 0 Å². The molecule has 1 saturated heterocycles. The van der Waals surface area contributed by atoms with Gasteiger partial charge in [0.2, 0.25) is 10.0 Å². The first-order valence-electron chi connectivity index (χ1n) is 7.09. The molecule has 21 heavy (non-hydrogen) atoms. The first kappa shape index (κ1) is 17.4. The van der Waals surface area contributed by atoms with Gasteiger partial charge in [0, 0.05) is 18.0 Å². The maximum atomic E-state index is 12.3. The number of rotatable bonds is 6. The molecule has 2 rings (SSSR count). The third kappa shape index (κ3) is 4.74. The minimum Gasteiger partial charge on any atom is -0.326 e. The summed E-state index contributed by atoms with van der Waals surface area (Å²) in [6, 6.07) is 1.65. The smallest absolute Gasteiger partial charge is 0.242 e. The molecule has 1 aliphatic rings. The van der Waals surface area contributed by atoms with E-state index in [0.29, 0.717) is 27.7 Å². The van der Waals surface area contributed by atoms with E-state index in [1.54, 1.807) is 6.07 Å². The third-order valence-electron chi connectivity index (χ3n) is 3.88. The molecule has 0 spiro atoms. The molecule has 2 heterocycles. The van der Waals surface area contributed by atoms with Crippen molar-refractivity contribution in [2.45, 2.75) is 30.7 Å². The molecule has 0 aromatic carbocycles. The zero-order chi connectivity index (χ0) is 15.5. The molecule has 0 bridgehead atoms. The Balaban J connectivity index is 1.88. The number of piperidine rings is 1. The Labute approximate surface area is 139 Å². The largest absolute Gasteiger partial charge is 0.326 e. The van der Waals surface area contributed by atoms with Gasteiger partial charge >= 0.3 is 0 Å². The highest BCUT2D eigenvalue weighted by molar-refractivity contribution is 9.11. The molecule has 1 aromatic heterocycles. The second kappa shape index (κ2) is 7.52. The van der Waals surface area contributed by atoms with Crippen molar-refractivity contribution in [3.05, 3.63) is 14.7 Å². The maximum absolute atomic E-state index is 12.3. The Kier molecular flexibility index (Phi) is 6.22. The molecule has 1 aromatic rings. The number of likely N-dealkylation sites (tertiary alicyclic amines) is 1. The first-order valence-corrected chi connectivity index (χ1v) is 10.2. The van der Waals surface area contributed by atoms with Crippen molar-refractivity contribution < 1.29 is 8.42 Å². The van der Waals surface area contributed by atoms with Gasteiger partial charge in [0.15, 0.2) is 0 Å². The van der Waals surface area contributed by atoms with Crippen molar-refractivity contribution in [3.8, 4) is 0 Å². The highest BCUT2D eigenvalue weighted by Crippen LogP contribution is 2.31. The van der Waals surface area contributed by atoms with E-state index >= 15 is 0 Å². The van der Waals surface area contributed by atoms with Gasteiger partial charge in [-0.2, -0.15) is 0 Å². The Bertz CT molecular complexity index is 566. The summed E-state index contributed by atoms with van der Waals surface area (Å²) in [4.78, 5) is 3.48. The number of thiophene rings is 1. The van der Waals surface area contributed by atoms with Crippen LogP contribution in [0.4, 0.5) is 0 Å². The molecule has 120 valence electrons. The van der Waals surface area contributed by atoms with Gasteiger partial charge in [-0.05, 0) is 67.3 Å². The summed E-state index contributed by atoms with van der Waals surface area (Å²) in [7, 11) is -1.32. The fourth-order valence-corrected chi connectivity index (χ4v) is 6.11. The third-order valence-corrected chi connectivity index (χ3v) is 7.62. The molecule has 0 amide bonds. The van der Waals surface area contributed by atoms with Gasteiger partial charge in [-0.1, -0.05) is 0 Å². The first-order chi connectivity index (χ1) is 9.92. The normalized spacial score (nSPS) is 18.2. The summed E-state index contributed by atoms with van der Waals surface area (Å²) in [5, 5.41) is 0. The summed E-state index contributed by atoms with van der Waals surface area (Å²) < 4.78 is 27.9. The van der Waals surface area contributed by atoms with E-state index in [0.717, 1.165) is 37.2 Å². The number of nitrogens with one attached hydrogen (secondary N) is 1. The van der Waals surface area contributed by atoms with Crippen LogP contribution < -0.4 is 10.5 Å². The SMILES string of the molecule is CN1CCC(CCNS(=O)(=O)c2cc(CN)sc2Br)CC1. The fraction of sp³-hybridized carbons (Fsp3) is 0.692. The van der Waals surface area contributed by atoms with Crippen molar-refractivity contribution in [1.82, 2.24) is 9.62 Å². The monoisotopic (exact) mass is 395 g/mol. The van der Waals surface area contributed by atoms with E-state index in [-0.39, 0.29) is 0 Å². The second-order valence-corrected chi connectivity index (χ2v) is 9.68. The lowest BCUT2D eigenvalue weighted by Gasteiger charge is -2.28. The molecule has 5 nitrogen and oxygen atoms in total. The highest BCUT2D eigenvalue weighted by atomic mass is 79.9. The number of halogens is 1. The Morgan fingerprint density at radius 2 is 2.14 bits per heavy atom. The quantitative estimate of drug-likeness (QED) is 0.771. The van der Waals surface area contributed by atoms with E-state index < -0.39 is 10.0 Å². The summed E-state index contributed by atoms with van der Waals surface area (Å²) in [5.74, 6) is 0.620. The molecular weight excluding hydrogens is 374 g/mol. The molecule has 0 unspecified atom stereocenters. The molecule has 0 saturated carbocycles. The average Bonchev–Trinajstić information content (AvgIpc) is 2.83. The van der Waals surface area contributed by atoms with E-state index in [4.69, 9.17) is 5.73 Å². The molecule has 1 fully saturated rings. The van der Waals surface area contributed by atoms with Crippen LogP contribution in [0.5, 0.6) is 0 Å². The van der Waals surface area contributed by atoms with Crippen LogP contribution in [-0.2, 0) is 16.6 Å². The Morgan fingerprint density at radius 1 is 1.48 bits per heavy atom. The van der Waals surface area contributed by atoms with Gasteiger partial charge in [0.05, 0.1) is 3.79 Å². The average molecular weight is 396 g/mol. The zero-order valence-corrected chi connectivity index (χ0v) is 15.4. The fourth-order valence-electron chi connectivity index (χ4n) is 2.51. The summed E-state index contributed by atoms with van der Waals surface area (Å²) in [6.45, 7) is 3.06. The topological polar surface area (TPSA) is 75.4 Å². The van der Waals surface area contributed by atoms with E-state index in [9.17, 15) is 8.42 Å².